The number of fused-ring (bicyclic) bond motifs is 1. The summed E-state index contributed by atoms with van der Waals surface area (Å²) in [5.41, 5.74) is 4.71. The number of rotatable bonds is 4. The summed E-state index contributed by atoms with van der Waals surface area (Å²) >= 11 is 0. The molecule has 0 unspecified atom stereocenters. The molecule has 2 aromatic carbocycles. The number of carbonyl (C=O) groups is 2. The van der Waals surface area contributed by atoms with Gasteiger partial charge in [-0.1, -0.05) is 44.2 Å². The minimum atomic E-state index is -0.332. The van der Waals surface area contributed by atoms with Gasteiger partial charge in [0, 0.05) is 29.7 Å². The standard InChI is InChI=1S/C25H25N3O2/c1-17(2)18-9-11-21(12-10-18)27-24(29)22-16-20(13-14-26-22)25(30)28-15-5-7-19-6-3-4-8-23(19)28/h3-4,6,8-14,16-17H,5,7,15H2,1-2H3,(H,27,29). The van der Waals surface area contributed by atoms with Crippen molar-refractivity contribution in [3.63, 3.8) is 0 Å². The molecule has 1 aromatic heterocycles. The summed E-state index contributed by atoms with van der Waals surface area (Å²) in [6.07, 6.45) is 3.41. The second-order valence-electron chi connectivity index (χ2n) is 7.85. The zero-order chi connectivity index (χ0) is 21.1. The molecule has 0 spiro atoms. The summed E-state index contributed by atoms with van der Waals surface area (Å²) in [6, 6.07) is 19.0. The van der Waals surface area contributed by atoms with Gasteiger partial charge in [-0.05, 0) is 60.2 Å². The predicted molar refractivity (Wildman–Crippen MR) is 119 cm³/mol. The molecule has 0 saturated heterocycles. The van der Waals surface area contributed by atoms with Crippen LogP contribution in [0.3, 0.4) is 0 Å². The van der Waals surface area contributed by atoms with Gasteiger partial charge in [-0.2, -0.15) is 0 Å². The summed E-state index contributed by atoms with van der Waals surface area (Å²) in [7, 11) is 0. The number of hydrogen-bond acceptors (Lipinski definition) is 3. The van der Waals surface area contributed by atoms with Gasteiger partial charge in [0.25, 0.3) is 11.8 Å². The third-order valence-electron chi connectivity index (χ3n) is 5.43. The second kappa shape index (κ2) is 8.49. The molecule has 1 N–H and O–H groups in total. The Bertz CT molecular complexity index is 1070. The molecule has 5 nitrogen and oxygen atoms in total. The van der Waals surface area contributed by atoms with E-state index >= 15 is 0 Å². The topological polar surface area (TPSA) is 62.3 Å². The van der Waals surface area contributed by atoms with E-state index in [1.807, 2.05) is 42.5 Å². The van der Waals surface area contributed by atoms with E-state index in [1.165, 1.54) is 17.3 Å². The Labute approximate surface area is 176 Å². The maximum absolute atomic E-state index is 13.2. The van der Waals surface area contributed by atoms with E-state index in [1.54, 1.807) is 17.0 Å². The lowest BCUT2D eigenvalue weighted by molar-refractivity contribution is 0.0985. The highest BCUT2D eigenvalue weighted by Crippen LogP contribution is 2.28. The first kappa shape index (κ1) is 19.8. The van der Waals surface area contributed by atoms with Crippen molar-refractivity contribution < 1.29 is 9.59 Å². The first-order valence-corrected chi connectivity index (χ1v) is 10.3. The molecule has 0 aliphatic carbocycles. The smallest absolute Gasteiger partial charge is 0.274 e. The van der Waals surface area contributed by atoms with Crippen molar-refractivity contribution in [2.45, 2.75) is 32.6 Å². The Morgan fingerprint density at radius 1 is 1.03 bits per heavy atom. The molecule has 0 saturated carbocycles. The van der Waals surface area contributed by atoms with E-state index in [0.717, 1.165) is 18.5 Å². The molecule has 1 aliphatic heterocycles. The molecular formula is C25H25N3O2. The number of nitrogens with one attached hydrogen (secondary N) is 1. The fraction of sp³-hybridized carbons (Fsp3) is 0.240. The van der Waals surface area contributed by atoms with Crippen LogP contribution in [0.1, 0.15) is 58.2 Å². The van der Waals surface area contributed by atoms with Crippen molar-refractivity contribution in [2.24, 2.45) is 0 Å². The molecule has 2 amide bonds. The molecule has 2 heterocycles. The van der Waals surface area contributed by atoms with E-state index in [-0.39, 0.29) is 17.5 Å². The van der Waals surface area contributed by atoms with Crippen LogP contribution in [0.5, 0.6) is 0 Å². The zero-order valence-corrected chi connectivity index (χ0v) is 17.3. The van der Waals surface area contributed by atoms with Gasteiger partial charge < -0.3 is 10.2 Å². The van der Waals surface area contributed by atoms with Crippen LogP contribution in [0.25, 0.3) is 0 Å². The van der Waals surface area contributed by atoms with Crippen LogP contribution >= 0.6 is 0 Å². The van der Waals surface area contributed by atoms with Gasteiger partial charge in [-0.25, -0.2) is 0 Å². The predicted octanol–water partition coefficient (Wildman–Crippen LogP) is 5.05. The molecule has 0 atom stereocenters. The fourth-order valence-corrected chi connectivity index (χ4v) is 3.73. The Balaban J connectivity index is 1.52. The number of amides is 2. The number of carbonyl (C=O) groups excluding carboxylic acids is 2. The molecule has 152 valence electrons. The van der Waals surface area contributed by atoms with Crippen LogP contribution < -0.4 is 10.2 Å². The fourth-order valence-electron chi connectivity index (χ4n) is 3.73. The summed E-state index contributed by atoms with van der Waals surface area (Å²) < 4.78 is 0. The molecule has 30 heavy (non-hydrogen) atoms. The Morgan fingerprint density at radius 3 is 2.57 bits per heavy atom. The Hall–Kier alpha value is -3.47. The van der Waals surface area contributed by atoms with Crippen LogP contribution in [0.4, 0.5) is 11.4 Å². The van der Waals surface area contributed by atoms with Crippen molar-refractivity contribution in [2.75, 3.05) is 16.8 Å². The normalized spacial score (nSPS) is 13.1. The molecule has 5 heteroatoms. The summed E-state index contributed by atoms with van der Waals surface area (Å²) in [5.74, 6) is -0.0140. The number of benzene rings is 2. The summed E-state index contributed by atoms with van der Waals surface area (Å²) in [6.45, 7) is 4.92. The van der Waals surface area contributed by atoms with Gasteiger partial charge in [-0.15, -0.1) is 0 Å². The van der Waals surface area contributed by atoms with Crippen molar-refractivity contribution >= 4 is 23.2 Å². The summed E-state index contributed by atoms with van der Waals surface area (Å²) in [4.78, 5) is 31.8. The molecular weight excluding hydrogens is 374 g/mol. The largest absolute Gasteiger partial charge is 0.321 e. The van der Waals surface area contributed by atoms with Crippen LogP contribution in [0.15, 0.2) is 66.9 Å². The van der Waals surface area contributed by atoms with Gasteiger partial charge in [0.15, 0.2) is 0 Å². The monoisotopic (exact) mass is 399 g/mol. The zero-order valence-electron chi connectivity index (χ0n) is 17.3. The van der Waals surface area contributed by atoms with Gasteiger partial charge in [0.05, 0.1) is 0 Å². The average Bonchev–Trinajstić information content (AvgIpc) is 2.78. The second-order valence-corrected chi connectivity index (χ2v) is 7.85. The van der Waals surface area contributed by atoms with E-state index in [2.05, 4.69) is 30.2 Å². The van der Waals surface area contributed by atoms with E-state index in [4.69, 9.17) is 0 Å². The Morgan fingerprint density at radius 2 is 1.80 bits per heavy atom. The first-order chi connectivity index (χ1) is 14.5. The quantitative estimate of drug-likeness (QED) is 0.668. The van der Waals surface area contributed by atoms with Gasteiger partial charge in [0.2, 0.25) is 0 Å². The van der Waals surface area contributed by atoms with Crippen LogP contribution in [-0.2, 0) is 6.42 Å². The highest BCUT2D eigenvalue weighted by Gasteiger charge is 2.24. The number of hydrogen-bond donors (Lipinski definition) is 1. The van der Waals surface area contributed by atoms with Crippen LogP contribution in [-0.4, -0.2) is 23.3 Å². The van der Waals surface area contributed by atoms with Crippen LogP contribution in [0, 0.1) is 0 Å². The molecule has 1 aliphatic rings. The molecule has 4 rings (SSSR count). The van der Waals surface area contributed by atoms with Crippen molar-refractivity contribution in [1.29, 1.82) is 0 Å². The minimum absolute atomic E-state index is 0.111. The van der Waals surface area contributed by atoms with Crippen LogP contribution in [0.2, 0.25) is 0 Å². The highest BCUT2D eigenvalue weighted by molar-refractivity contribution is 6.09. The molecule has 0 fully saturated rings. The number of para-hydroxylation sites is 1. The maximum atomic E-state index is 13.2. The first-order valence-electron chi connectivity index (χ1n) is 10.3. The van der Waals surface area contributed by atoms with Crippen molar-refractivity contribution in [3.05, 3.63) is 89.2 Å². The van der Waals surface area contributed by atoms with E-state index in [0.29, 0.717) is 23.7 Å². The number of aryl methyl sites for hydroxylation is 1. The maximum Gasteiger partial charge on any atom is 0.274 e. The lowest BCUT2D eigenvalue weighted by Gasteiger charge is -2.29. The third-order valence-corrected chi connectivity index (χ3v) is 5.43. The van der Waals surface area contributed by atoms with Gasteiger partial charge >= 0.3 is 0 Å². The van der Waals surface area contributed by atoms with Crippen molar-refractivity contribution in [3.8, 4) is 0 Å². The lowest BCUT2D eigenvalue weighted by Crippen LogP contribution is -2.35. The van der Waals surface area contributed by atoms with Gasteiger partial charge in [0.1, 0.15) is 5.69 Å². The van der Waals surface area contributed by atoms with Gasteiger partial charge in [-0.3, -0.25) is 14.6 Å². The number of pyridine rings is 1. The van der Waals surface area contributed by atoms with Crippen molar-refractivity contribution in [1.82, 2.24) is 4.98 Å². The summed E-state index contributed by atoms with van der Waals surface area (Å²) in [5, 5.41) is 2.86. The average molecular weight is 399 g/mol. The lowest BCUT2D eigenvalue weighted by atomic mass is 10.0. The Kier molecular flexibility index (Phi) is 5.61. The molecule has 0 radical (unpaired) electrons. The third kappa shape index (κ3) is 4.10. The molecule has 0 bridgehead atoms. The SMILES string of the molecule is CC(C)c1ccc(NC(=O)c2cc(C(=O)N3CCCc4ccccc43)ccn2)cc1. The number of aromatic nitrogens is 1. The molecule has 3 aromatic rings. The number of nitrogens with zero attached hydrogens (tertiary/aromatic N) is 2. The van der Waals surface area contributed by atoms with E-state index < -0.39 is 0 Å². The number of anilines is 2. The van der Waals surface area contributed by atoms with E-state index in [9.17, 15) is 9.59 Å². The minimum Gasteiger partial charge on any atom is -0.321 e. The highest BCUT2D eigenvalue weighted by atomic mass is 16.2.